The lowest BCUT2D eigenvalue weighted by Crippen LogP contribution is -2.46. The van der Waals surface area contributed by atoms with Gasteiger partial charge in [-0.15, -0.1) is 0 Å². The Balaban J connectivity index is 2.33. The van der Waals surface area contributed by atoms with Gasteiger partial charge in [0.25, 0.3) is 0 Å². The molecule has 1 heterocycles. The molecule has 3 heteroatoms. The van der Waals surface area contributed by atoms with Crippen molar-refractivity contribution in [3.05, 3.63) is 5.21 Å². The van der Waals surface area contributed by atoms with Gasteiger partial charge >= 0.3 is 0 Å². The Kier molecular flexibility index (Phi) is 1.51. The van der Waals surface area contributed by atoms with Crippen molar-refractivity contribution in [3.8, 4) is 0 Å². The Morgan fingerprint density at radius 1 is 1.38 bits per heavy atom. The summed E-state index contributed by atoms with van der Waals surface area (Å²) in [5, 5.41) is 11.0. The molecule has 0 radical (unpaired) electrons. The van der Waals surface area contributed by atoms with Crippen LogP contribution in [0.15, 0.2) is 0 Å². The molecule has 1 aliphatic rings. The van der Waals surface area contributed by atoms with Crippen LogP contribution in [0.2, 0.25) is 0 Å². The molecule has 1 rings (SSSR count). The van der Waals surface area contributed by atoms with E-state index >= 15 is 0 Å². The predicted octanol–water partition coefficient (Wildman–Crippen LogP) is -0.0390. The van der Waals surface area contributed by atoms with Crippen LogP contribution in [0, 0.1) is 5.21 Å². The summed E-state index contributed by atoms with van der Waals surface area (Å²) >= 11 is 0. The topological polar surface area (TPSA) is 32.3 Å². The third kappa shape index (κ3) is 1.43. The minimum absolute atomic E-state index is 0.125. The standard InChI is InChI=1S/C5H11NO2/c1-6(7)2-4-8-5-3-6/h2-5H2,1H3/i6+1,7+1. The maximum Gasteiger partial charge on any atom is 0.102 e. The number of hydrogen-bond donors (Lipinski definition) is 0. The van der Waals surface area contributed by atoms with Gasteiger partial charge in [0.15, 0.2) is 0 Å². The fourth-order valence-corrected chi connectivity index (χ4v) is 0.729. The molecule has 0 amide bonds. The van der Waals surface area contributed by atoms with E-state index in [0.717, 1.165) is 0 Å². The first-order chi connectivity index (χ1) is 3.71. The molecule has 1 saturated heterocycles. The molecular weight excluding hydrogens is 108 g/mol. The first-order valence-electron chi connectivity index (χ1n) is 2.84. The van der Waals surface area contributed by atoms with Crippen LogP contribution < -0.4 is 0 Å². The first-order valence-corrected chi connectivity index (χ1v) is 2.84. The number of nitrogens with zero attached hydrogens (tertiary/aromatic N) is 1. The first kappa shape index (κ1) is 6.01. The van der Waals surface area contributed by atoms with Crippen LogP contribution in [0.4, 0.5) is 0 Å². The van der Waals surface area contributed by atoms with E-state index < -0.39 is 0 Å². The third-order valence-corrected chi connectivity index (χ3v) is 1.42. The maximum absolute atomic E-state index is 11.0. The molecule has 8 heavy (non-hydrogen) atoms. The summed E-state index contributed by atoms with van der Waals surface area (Å²) in [4.78, 5) is 0. The van der Waals surface area contributed by atoms with E-state index in [1.54, 1.807) is 7.05 Å². The Labute approximate surface area is 49.0 Å². The van der Waals surface area contributed by atoms with Crippen molar-refractivity contribution in [2.24, 2.45) is 0 Å². The van der Waals surface area contributed by atoms with Crippen molar-refractivity contribution >= 4 is 0 Å². The highest BCUT2D eigenvalue weighted by atomic mass is 17.5. The SMILES string of the molecule is C[15N+]1([17O-])CCOCC1. The normalized spacial score (nSPS) is 27.8. The summed E-state index contributed by atoms with van der Waals surface area (Å²) in [6.07, 6.45) is 0. The summed E-state index contributed by atoms with van der Waals surface area (Å²) in [6.45, 7) is 2.47. The summed E-state index contributed by atoms with van der Waals surface area (Å²) in [5.74, 6) is 0. The van der Waals surface area contributed by atoms with Crippen LogP contribution in [0.5, 0.6) is 0 Å². The van der Waals surface area contributed by atoms with Gasteiger partial charge in [-0.2, -0.15) is 0 Å². The average molecular weight is 119 g/mol. The van der Waals surface area contributed by atoms with Crippen molar-refractivity contribution in [1.82, 2.24) is 0 Å². The Morgan fingerprint density at radius 3 is 2.12 bits per heavy atom. The van der Waals surface area contributed by atoms with E-state index in [9.17, 15) is 5.21 Å². The molecule has 0 bridgehead atoms. The van der Waals surface area contributed by atoms with E-state index in [1.807, 2.05) is 0 Å². The van der Waals surface area contributed by atoms with E-state index in [1.165, 1.54) is 0 Å². The second kappa shape index (κ2) is 2.01. The Bertz CT molecular complexity index is 74.5. The number of hydroxylamine groups is 3. The molecule has 1 aliphatic heterocycles. The molecule has 48 valence electrons. The molecular formula is C5H11NO2. The summed E-state index contributed by atoms with van der Waals surface area (Å²) in [6, 6.07) is 0. The number of rotatable bonds is 0. The van der Waals surface area contributed by atoms with Gasteiger partial charge in [0.05, 0.1) is 20.3 Å². The molecule has 0 aromatic heterocycles. The predicted molar refractivity (Wildman–Crippen MR) is 30.1 cm³/mol. The number of hydrogen-bond acceptors (Lipinski definition) is 2. The monoisotopic (exact) mass is 119 g/mol. The zero-order chi connectivity index (χ0) is 6.04. The number of quaternary nitrogens is 1. The van der Waals surface area contributed by atoms with Gasteiger partial charge in [0.2, 0.25) is 0 Å². The van der Waals surface area contributed by atoms with Crippen molar-refractivity contribution < 1.29 is 9.38 Å². The summed E-state index contributed by atoms with van der Waals surface area (Å²) in [5.41, 5.74) is 0. The van der Waals surface area contributed by atoms with Crippen LogP contribution in [0.3, 0.4) is 0 Å². The van der Waals surface area contributed by atoms with Crippen molar-refractivity contribution in [2.45, 2.75) is 0 Å². The lowest BCUT2D eigenvalue weighted by atomic mass is 10.5. The zero-order valence-electron chi connectivity index (χ0n) is 5.09. The van der Waals surface area contributed by atoms with Gasteiger partial charge in [0.1, 0.15) is 13.1 Å². The third-order valence-electron chi connectivity index (χ3n) is 1.42. The van der Waals surface area contributed by atoms with Crippen LogP contribution in [-0.4, -0.2) is 38.0 Å². The van der Waals surface area contributed by atoms with E-state index in [0.29, 0.717) is 26.3 Å². The number of morpholine rings is 1. The van der Waals surface area contributed by atoms with Gasteiger partial charge in [-0.3, -0.25) is 0 Å². The molecule has 3 nitrogen and oxygen atoms in total. The van der Waals surface area contributed by atoms with Gasteiger partial charge in [0, 0.05) is 0 Å². The lowest BCUT2D eigenvalue weighted by molar-refractivity contribution is -0.869. The van der Waals surface area contributed by atoms with E-state index in [2.05, 4.69) is 0 Å². The average Bonchev–Trinajstić information content (AvgIpc) is 1.65. The molecule has 0 unspecified atom stereocenters. The van der Waals surface area contributed by atoms with Gasteiger partial charge in [-0.25, -0.2) is 0 Å². The molecule has 0 spiro atoms. The van der Waals surface area contributed by atoms with Gasteiger partial charge in [-0.05, 0) is 0 Å². The highest BCUT2D eigenvalue weighted by Crippen LogP contribution is 2.02. The van der Waals surface area contributed by atoms with Crippen molar-refractivity contribution in [1.29, 1.82) is 0 Å². The second-order valence-electron chi connectivity index (χ2n) is 2.36. The quantitative estimate of drug-likeness (QED) is 0.254. The Hall–Kier alpha value is -0.120. The van der Waals surface area contributed by atoms with Crippen molar-refractivity contribution in [2.75, 3.05) is 33.4 Å². The van der Waals surface area contributed by atoms with Crippen LogP contribution in [0.1, 0.15) is 0 Å². The maximum atomic E-state index is 11.0. The zero-order valence-corrected chi connectivity index (χ0v) is 5.09. The van der Waals surface area contributed by atoms with E-state index in [4.69, 9.17) is 4.74 Å². The van der Waals surface area contributed by atoms with Crippen LogP contribution in [-0.2, 0) is 4.74 Å². The largest absolute Gasteiger partial charge is 0.633 e. The molecule has 0 atom stereocenters. The fraction of sp³-hybridized carbons (Fsp3) is 1.00. The van der Waals surface area contributed by atoms with Gasteiger partial charge < -0.3 is 14.6 Å². The van der Waals surface area contributed by atoms with Gasteiger partial charge in [-0.1, -0.05) is 0 Å². The summed E-state index contributed by atoms with van der Waals surface area (Å²) in [7, 11) is 1.68. The highest BCUT2D eigenvalue weighted by molar-refractivity contribution is 4.44. The van der Waals surface area contributed by atoms with E-state index in [-0.39, 0.29) is 4.65 Å². The molecule has 0 aromatic carbocycles. The fourth-order valence-electron chi connectivity index (χ4n) is 0.729. The summed E-state index contributed by atoms with van der Waals surface area (Å²) < 4.78 is 4.86. The molecule has 1 fully saturated rings. The van der Waals surface area contributed by atoms with Crippen molar-refractivity contribution in [3.63, 3.8) is 0 Å². The lowest BCUT2D eigenvalue weighted by Gasteiger charge is -2.41. The molecule has 0 aromatic rings. The smallest absolute Gasteiger partial charge is 0.102 e. The second-order valence-corrected chi connectivity index (χ2v) is 2.36. The van der Waals surface area contributed by atoms with Crippen LogP contribution in [0.25, 0.3) is 0 Å². The van der Waals surface area contributed by atoms with Crippen LogP contribution >= 0.6 is 0 Å². The number of ether oxygens (including phenoxy) is 1. The number of likely N-dealkylation sites (N-methyl/N-ethyl adjacent to an activating group) is 1. The minimum atomic E-state index is -0.125. The molecule has 0 N–H and O–H groups in total. The molecule has 0 aliphatic carbocycles. The minimum Gasteiger partial charge on any atom is -0.633 e. The Morgan fingerprint density at radius 2 is 1.88 bits per heavy atom. The highest BCUT2D eigenvalue weighted by Gasteiger charge is 2.13. The molecule has 0 saturated carbocycles.